The molecule has 0 amide bonds. The van der Waals surface area contributed by atoms with Gasteiger partial charge >= 0.3 is 0 Å². The zero-order chi connectivity index (χ0) is 15.6. The van der Waals surface area contributed by atoms with E-state index in [1.54, 1.807) is 6.33 Å². The van der Waals surface area contributed by atoms with Crippen LogP contribution in [0.3, 0.4) is 0 Å². The summed E-state index contributed by atoms with van der Waals surface area (Å²) >= 11 is 0. The van der Waals surface area contributed by atoms with Crippen LogP contribution in [0.15, 0.2) is 24.5 Å². The van der Waals surface area contributed by atoms with Crippen LogP contribution in [0, 0.1) is 12.8 Å². The molecular formula is C19H26N4. The lowest BCUT2D eigenvalue weighted by molar-refractivity contribution is 0.249. The topological polar surface area (TPSA) is 32.3 Å². The summed E-state index contributed by atoms with van der Waals surface area (Å²) in [6.45, 7) is 8.32. The summed E-state index contributed by atoms with van der Waals surface area (Å²) in [6.07, 6.45) is 7.07. The highest BCUT2D eigenvalue weighted by molar-refractivity contribution is 5.89. The van der Waals surface area contributed by atoms with Gasteiger partial charge in [-0.05, 0) is 63.7 Å². The number of aromatic nitrogens is 2. The van der Waals surface area contributed by atoms with Crippen LogP contribution in [0.25, 0.3) is 10.9 Å². The molecule has 0 bridgehead atoms. The van der Waals surface area contributed by atoms with Crippen LogP contribution in [0.5, 0.6) is 0 Å². The molecule has 1 aromatic heterocycles. The molecule has 122 valence electrons. The van der Waals surface area contributed by atoms with Crippen molar-refractivity contribution in [3.05, 3.63) is 30.1 Å². The Balaban J connectivity index is 1.47. The Morgan fingerprint density at radius 3 is 2.61 bits per heavy atom. The third-order valence-corrected chi connectivity index (χ3v) is 5.40. The van der Waals surface area contributed by atoms with Gasteiger partial charge < -0.3 is 9.80 Å². The number of rotatable bonds is 3. The third kappa shape index (κ3) is 3.18. The van der Waals surface area contributed by atoms with Crippen molar-refractivity contribution < 1.29 is 0 Å². The quantitative estimate of drug-likeness (QED) is 0.871. The van der Waals surface area contributed by atoms with Crippen molar-refractivity contribution in [2.75, 3.05) is 37.6 Å². The standard InChI is InChI=1S/C19H26N4/c1-15-4-5-18-17(12-15)19(21-14-20-18)23-10-6-16(7-11-23)13-22-8-2-3-9-22/h4-5,12,14,16H,2-3,6-11,13H2,1H3. The number of piperidine rings is 1. The van der Waals surface area contributed by atoms with E-state index in [0.717, 1.165) is 30.3 Å². The molecule has 1 aromatic carbocycles. The normalized spacial score (nSPS) is 20.5. The molecule has 3 heterocycles. The monoisotopic (exact) mass is 310 g/mol. The van der Waals surface area contributed by atoms with Crippen LogP contribution >= 0.6 is 0 Å². The van der Waals surface area contributed by atoms with Crippen LogP contribution in [-0.2, 0) is 0 Å². The molecule has 2 fully saturated rings. The molecule has 0 unspecified atom stereocenters. The Hall–Kier alpha value is -1.68. The van der Waals surface area contributed by atoms with Gasteiger partial charge in [-0.15, -0.1) is 0 Å². The molecule has 2 aromatic rings. The number of hydrogen-bond donors (Lipinski definition) is 0. The first-order chi connectivity index (χ1) is 11.3. The lowest BCUT2D eigenvalue weighted by atomic mass is 9.96. The minimum Gasteiger partial charge on any atom is -0.356 e. The Kier molecular flexibility index (Phi) is 4.17. The van der Waals surface area contributed by atoms with Crippen molar-refractivity contribution in [2.45, 2.75) is 32.6 Å². The van der Waals surface area contributed by atoms with Gasteiger partial charge in [-0.2, -0.15) is 0 Å². The number of nitrogens with zero attached hydrogens (tertiary/aromatic N) is 4. The Bertz CT molecular complexity index is 670. The fourth-order valence-electron chi connectivity index (χ4n) is 4.07. The second kappa shape index (κ2) is 6.44. The van der Waals surface area contributed by atoms with E-state index in [4.69, 9.17) is 0 Å². The number of likely N-dealkylation sites (tertiary alicyclic amines) is 1. The second-order valence-electron chi connectivity index (χ2n) is 7.16. The molecule has 0 radical (unpaired) electrons. The summed E-state index contributed by atoms with van der Waals surface area (Å²) in [4.78, 5) is 14.1. The zero-order valence-electron chi connectivity index (χ0n) is 14.0. The molecule has 2 aliphatic heterocycles. The number of hydrogen-bond acceptors (Lipinski definition) is 4. The minimum atomic E-state index is 0.860. The highest BCUT2D eigenvalue weighted by Crippen LogP contribution is 2.28. The lowest BCUT2D eigenvalue weighted by Crippen LogP contribution is -2.38. The highest BCUT2D eigenvalue weighted by atomic mass is 15.2. The Morgan fingerprint density at radius 2 is 1.83 bits per heavy atom. The smallest absolute Gasteiger partial charge is 0.139 e. The first-order valence-corrected chi connectivity index (χ1v) is 8.98. The van der Waals surface area contributed by atoms with Gasteiger partial charge in [0.15, 0.2) is 0 Å². The SMILES string of the molecule is Cc1ccc2ncnc(N3CCC(CN4CCCC4)CC3)c2c1. The van der Waals surface area contributed by atoms with Gasteiger partial charge in [-0.25, -0.2) is 9.97 Å². The summed E-state index contributed by atoms with van der Waals surface area (Å²) < 4.78 is 0. The maximum atomic E-state index is 4.60. The van der Waals surface area contributed by atoms with Gasteiger partial charge in [0.25, 0.3) is 0 Å². The van der Waals surface area contributed by atoms with E-state index in [1.165, 1.54) is 56.3 Å². The zero-order valence-corrected chi connectivity index (χ0v) is 14.0. The highest BCUT2D eigenvalue weighted by Gasteiger charge is 2.24. The van der Waals surface area contributed by atoms with E-state index >= 15 is 0 Å². The number of anilines is 1. The van der Waals surface area contributed by atoms with E-state index < -0.39 is 0 Å². The molecule has 0 N–H and O–H groups in total. The van der Waals surface area contributed by atoms with Crippen LogP contribution in [-0.4, -0.2) is 47.6 Å². The van der Waals surface area contributed by atoms with Crippen molar-refractivity contribution in [1.82, 2.24) is 14.9 Å². The fraction of sp³-hybridized carbons (Fsp3) is 0.579. The van der Waals surface area contributed by atoms with Gasteiger partial charge in [0.1, 0.15) is 12.1 Å². The van der Waals surface area contributed by atoms with Crippen molar-refractivity contribution in [1.29, 1.82) is 0 Å². The van der Waals surface area contributed by atoms with Gasteiger partial charge in [0.2, 0.25) is 0 Å². The molecule has 2 saturated heterocycles. The summed E-state index contributed by atoms with van der Waals surface area (Å²) in [5.41, 5.74) is 2.33. The van der Waals surface area contributed by atoms with E-state index in [-0.39, 0.29) is 0 Å². The van der Waals surface area contributed by atoms with Gasteiger partial charge in [0.05, 0.1) is 5.52 Å². The summed E-state index contributed by atoms with van der Waals surface area (Å²) in [7, 11) is 0. The van der Waals surface area contributed by atoms with Crippen LogP contribution in [0.1, 0.15) is 31.2 Å². The van der Waals surface area contributed by atoms with Crippen molar-refractivity contribution in [3.8, 4) is 0 Å². The first-order valence-electron chi connectivity index (χ1n) is 8.98. The van der Waals surface area contributed by atoms with Gasteiger partial charge in [0, 0.05) is 25.0 Å². The molecular weight excluding hydrogens is 284 g/mol. The van der Waals surface area contributed by atoms with E-state index in [1.807, 2.05) is 0 Å². The van der Waals surface area contributed by atoms with Crippen molar-refractivity contribution in [2.24, 2.45) is 5.92 Å². The molecule has 4 rings (SSSR count). The average molecular weight is 310 g/mol. The summed E-state index contributed by atoms with van der Waals surface area (Å²) in [5.74, 6) is 1.98. The first kappa shape index (κ1) is 14.9. The maximum Gasteiger partial charge on any atom is 0.139 e. The summed E-state index contributed by atoms with van der Waals surface area (Å²) in [5, 5.41) is 1.20. The Morgan fingerprint density at radius 1 is 1.04 bits per heavy atom. The van der Waals surface area contributed by atoms with Crippen LogP contribution in [0.2, 0.25) is 0 Å². The summed E-state index contributed by atoms with van der Waals surface area (Å²) in [6, 6.07) is 6.46. The van der Waals surface area contributed by atoms with Crippen LogP contribution < -0.4 is 4.90 Å². The van der Waals surface area contributed by atoms with Gasteiger partial charge in [-0.3, -0.25) is 0 Å². The Labute approximate surface area is 138 Å². The number of benzene rings is 1. The number of fused-ring (bicyclic) bond motifs is 1. The average Bonchev–Trinajstić information content (AvgIpc) is 3.08. The molecule has 0 aliphatic carbocycles. The molecule has 0 atom stereocenters. The molecule has 4 nitrogen and oxygen atoms in total. The van der Waals surface area contributed by atoms with E-state index in [9.17, 15) is 0 Å². The predicted molar refractivity (Wildman–Crippen MR) is 94.9 cm³/mol. The predicted octanol–water partition coefficient (Wildman–Crippen LogP) is 3.25. The molecule has 23 heavy (non-hydrogen) atoms. The maximum absolute atomic E-state index is 4.60. The lowest BCUT2D eigenvalue weighted by Gasteiger charge is -2.35. The number of aryl methyl sites for hydroxylation is 1. The molecule has 2 aliphatic rings. The molecule has 0 saturated carbocycles. The van der Waals surface area contributed by atoms with E-state index in [2.05, 4.69) is 44.9 Å². The van der Waals surface area contributed by atoms with Crippen LogP contribution in [0.4, 0.5) is 5.82 Å². The van der Waals surface area contributed by atoms with E-state index in [0.29, 0.717) is 0 Å². The molecule has 4 heteroatoms. The van der Waals surface area contributed by atoms with Crippen molar-refractivity contribution >= 4 is 16.7 Å². The van der Waals surface area contributed by atoms with Gasteiger partial charge in [-0.1, -0.05) is 11.6 Å². The largest absolute Gasteiger partial charge is 0.356 e. The molecule has 0 spiro atoms. The minimum absolute atomic E-state index is 0.860. The third-order valence-electron chi connectivity index (χ3n) is 5.40. The second-order valence-corrected chi connectivity index (χ2v) is 7.16. The van der Waals surface area contributed by atoms with Crippen molar-refractivity contribution in [3.63, 3.8) is 0 Å². The fourth-order valence-corrected chi connectivity index (χ4v) is 4.07.